The second-order valence-corrected chi connectivity index (χ2v) is 8.85. The highest BCUT2D eigenvalue weighted by Gasteiger charge is 2.17. The molecule has 0 atom stereocenters. The fourth-order valence-corrected chi connectivity index (χ4v) is 3.68. The maximum atomic E-state index is 12.6. The summed E-state index contributed by atoms with van der Waals surface area (Å²) in [4.78, 5) is 17.7. The molecule has 3 rings (SSSR count). The number of anilines is 1. The average Bonchev–Trinajstić information content (AvgIpc) is 3.07. The zero-order chi connectivity index (χ0) is 21.0. The molecule has 1 aromatic heterocycles. The van der Waals surface area contributed by atoms with Crippen LogP contribution in [0.15, 0.2) is 48.5 Å². The van der Waals surface area contributed by atoms with Crippen molar-refractivity contribution in [2.45, 2.75) is 39.7 Å². The van der Waals surface area contributed by atoms with Gasteiger partial charge >= 0.3 is 0 Å². The van der Waals surface area contributed by atoms with Crippen LogP contribution in [0.2, 0.25) is 0 Å². The van der Waals surface area contributed by atoms with Gasteiger partial charge in [-0.05, 0) is 42.2 Å². The van der Waals surface area contributed by atoms with E-state index in [2.05, 4.69) is 43.2 Å². The molecule has 2 aromatic carbocycles. The molecule has 1 N–H and O–H groups in total. The normalized spacial score (nSPS) is 11.2. The van der Waals surface area contributed by atoms with Gasteiger partial charge in [-0.2, -0.15) is 0 Å². The van der Waals surface area contributed by atoms with Gasteiger partial charge < -0.3 is 14.8 Å². The highest BCUT2D eigenvalue weighted by molar-refractivity contribution is 7.13. The maximum absolute atomic E-state index is 12.6. The van der Waals surface area contributed by atoms with Crippen LogP contribution in [0.5, 0.6) is 11.5 Å². The third-order valence-corrected chi connectivity index (χ3v) is 5.59. The van der Waals surface area contributed by atoms with Gasteiger partial charge in [-0.15, -0.1) is 11.3 Å². The topological polar surface area (TPSA) is 60.5 Å². The lowest BCUT2D eigenvalue weighted by Crippen LogP contribution is -2.11. The van der Waals surface area contributed by atoms with Crippen molar-refractivity contribution in [1.29, 1.82) is 0 Å². The molecule has 1 heterocycles. The number of carbonyl (C=O) groups is 1. The number of ether oxygens (including phenoxy) is 2. The number of nitrogens with one attached hydrogen (secondary N) is 1. The molecule has 0 saturated carbocycles. The fourth-order valence-electron chi connectivity index (χ4n) is 2.81. The third-order valence-electron chi connectivity index (χ3n) is 4.46. The summed E-state index contributed by atoms with van der Waals surface area (Å²) in [5, 5.41) is 3.65. The van der Waals surface area contributed by atoms with Gasteiger partial charge in [-0.3, -0.25) is 4.79 Å². The maximum Gasteiger partial charge on any atom is 0.267 e. The Labute approximate surface area is 175 Å². The minimum absolute atomic E-state index is 0.107. The predicted octanol–water partition coefficient (Wildman–Crippen LogP) is 5.59. The molecular weight excluding hydrogens is 384 g/mol. The first-order chi connectivity index (χ1) is 13.8. The van der Waals surface area contributed by atoms with Crippen LogP contribution < -0.4 is 14.8 Å². The van der Waals surface area contributed by atoms with E-state index in [4.69, 9.17) is 9.47 Å². The SMILES string of the molecule is COc1cccc(NC(=O)c2sc(COc3ccc(C(C)(C)C)cc3)nc2C)c1. The molecule has 0 saturated heterocycles. The van der Waals surface area contributed by atoms with E-state index in [1.807, 2.05) is 37.3 Å². The molecule has 6 heteroatoms. The molecule has 0 fully saturated rings. The second-order valence-electron chi connectivity index (χ2n) is 7.77. The van der Waals surface area contributed by atoms with Gasteiger partial charge in [0.05, 0.1) is 12.8 Å². The molecule has 3 aromatic rings. The lowest BCUT2D eigenvalue weighted by molar-refractivity contribution is 0.103. The Morgan fingerprint density at radius 1 is 1.10 bits per heavy atom. The van der Waals surface area contributed by atoms with Crippen LogP contribution in [0.3, 0.4) is 0 Å². The van der Waals surface area contributed by atoms with Crippen molar-refractivity contribution >= 4 is 22.9 Å². The second kappa shape index (κ2) is 8.66. The Hall–Kier alpha value is -2.86. The highest BCUT2D eigenvalue weighted by atomic mass is 32.1. The molecule has 0 aliphatic heterocycles. The summed E-state index contributed by atoms with van der Waals surface area (Å²) < 4.78 is 11.0. The molecule has 0 spiro atoms. The quantitative estimate of drug-likeness (QED) is 0.575. The number of aryl methyl sites for hydroxylation is 1. The van der Waals surface area contributed by atoms with Crippen LogP contribution >= 0.6 is 11.3 Å². The largest absolute Gasteiger partial charge is 0.497 e. The van der Waals surface area contributed by atoms with Gasteiger partial charge in [0, 0.05) is 11.8 Å². The number of benzene rings is 2. The molecule has 0 aliphatic carbocycles. The Kier molecular flexibility index (Phi) is 6.23. The molecule has 1 amide bonds. The van der Waals surface area contributed by atoms with E-state index in [9.17, 15) is 4.79 Å². The van der Waals surface area contributed by atoms with E-state index >= 15 is 0 Å². The minimum Gasteiger partial charge on any atom is -0.497 e. The van der Waals surface area contributed by atoms with Gasteiger partial charge in [0.2, 0.25) is 0 Å². The number of methoxy groups -OCH3 is 1. The first-order valence-corrected chi connectivity index (χ1v) is 10.2. The molecule has 29 heavy (non-hydrogen) atoms. The summed E-state index contributed by atoms with van der Waals surface area (Å²) in [6.07, 6.45) is 0. The number of aromatic nitrogens is 1. The lowest BCUT2D eigenvalue weighted by atomic mass is 9.87. The van der Waals surface area contributed by atoms with Gasteiger partial charge in [-0.1, -0.05) is 39.0 Å². The molecule has 0 bridgehead atoms. The van der Waals surface area contributed by atoms with Gasteiger partial charge in [-0.25, -0.2) is 4.98 Å². The molecule has 152 valence electrons. The molecule has 5 nitrogen and oxygen atoms in total. The van der Waals surface area contributed by atoms with E-state index in [1.165, 1.54) is 16.9 Å². The monoisotopic (exact) mass is 410 g/mol. The van der Waals surface area contributed by atoms with Crippen LogP contribution in [0.1, 0.15) is 46.7 Å². The number of amides is 1. The summed E-state index contributed by atoms with van der Waals surface area (Å²) in [5.41, 5.74) is 2.73. The molecule has 0 unspecified atom stereocenters. The van der Waals surface area contributed by atoms with Crippen molar-refractivity contribution in [1.82, 2.24) is 4.98 Å². The number of hydrogen-bond acceptors (Lipinski definition) is 5. The first kappa shape index (κ1) is 20.9. The summed E-state index contributed by atoms with van der Waals surface area (Å²) in [5.74, 6) is 1.29. The van der Waals surface area contributed by atoms with Crippen LogP contribution in [0, 0.1) is 6.92 Å². The summed E-state index contributed by atoms with van der Waals surface area (Å²) in [6.45, 7) is 8.70. The number of nitrogens with zero attached hydrogens (tertiary/aromatic N) is 1. The number of carbonyl (C=O) groups excluding carboxylic acids is 1. The van der Waals surface area contributed by atoms with Crippen molar-refractivity contribution in [3.8, 4) is 11.5 Å². The zero-order valence-electron chi connectivity index (χ0n) is 17.4. The van der Waals surface area contributed by atoms with Crippen LogP contribution in [-0.4, -0.2) is 18.0 Å². The summed E-state index contributed by atoms with van der Waals surface area (Å²) in [6, 6.07) is 15.4. The van der Waals surface area contributed by atoms with Crippen molar-refractivity contribution < 1.29 is 14.3 Å². The van der Waals surface area contributed by atoms with Crippen LogP contribution in [-0.2, 0) is 12.0 Å². The minimum atomic E-state index is -0.186. The summed E-state index contributed by atoms with van der Waals surface area (Å²) >= 11 is 1.34. The van der Waals surface area contributed by atoms with E-state index in [0.717, 1.165) is 10.8 Å². The van der Waals surface area contributed by atoms with Gasteiger partial charge in [0.15, 0.2) is 0 Å². The molecule has 0 radical (unpaired) electrons. The van der Waals surface area contributed by atoms with Gasteiger partial charge in [0.1, 0.15) is 28.0 Å². The lowest BCUT2D eigenvalue weighted by Gasteiger charge is -2.19. The highest BCUT2D eigenvalue weighted by Crippen LogP contribution is 2.26. The van der Waals surface area contributed by atoms with Crippen molar-refractivity contribution in [2.75, 3.05) is 12.4 Å². The average molecular weight is 411 g/mol. The van der Waals surface area contributed by atoms with E-state index < -0.39 is 0 Å². The van der Waals surface area contributed by atoms with E-state index in [0.29, 0.717) is 28.6 Å². The van der Waals surface area contributed by atoms with Crippen LogP contribution in [0.25, 0.3) is 0 Å². The summed E-state index contributed by atoms with van der Waals surface area (Å²) in [7, 11) is 1.59. The van der Waals surface area contributed by atoms with Crippen molar-refractivity contribution in [3.05, 3.63) is 69.7 Å². The van der Waals surface area contributed by atoms with Crippen molar-refractivity contribution in [2.24, 2.45) is 0 Å². The third kappa shape index (κ3) is 5.35. The van der Waals surface area contributed by atoms with Gasteiger partial charge in [0.25, 0.3) is 5.91 Å². The Morgan fingerprint density at radius 3 is 2.48 bits per heavy atom. The number of thiazole rings is 1. The van der Waals surface area contributed by atoms with Crippen LogP contribution in [0.4, 0.5) is 5.69 Å². The smallest absolute Gasteiger partial charge is 0.267 e. The fraction of sp³-hybridized carbons (Fsp3) is 0.304. The number of hydrogen-bond donors (Lipinski definition) is 1. The Balaban J connectivity index is 1.64. The standard InChI is InChI=1S/C23H26N2O3S/c1-15-21(22(26)25-17-7-6-8-19(13-17)27-5)29-20(24-15)14-28-18-11-9-16(10-12-18)23(2,3)4/h6-13H,14H2,1-5H3,(H,25,26). The van der Waals surface area contributed by atoms with E-state index in [1.54, 1.807) is 13.2 Å². The Morgan fingerprint density at radius 2 is 1.83 bits per heavy atom. The number of rotatable bonds is 6. The molecular formula is C23H26N2O3S. The first-order valence-electron chi connectivity index (χ1n) is 9.41. The van der Waals surface area contributed by atoms with Crippen molar-refractivity contribution in [3.63, 3.8) is 0 Å². The Bertz CT molecular complexity index is 988. The zero-order valence-corrected chi connectivity index (χ0v) is 18.2. The predicted molar refractivity (Wildman–Crippen MR) is 117 cm³/mol. The molecule has 0 aliphatic rings. The van der Waals surface area contributed by atoms with E-state index in [-0.39, 0.29) is 11.3 Å².